The molecule has 0 bridgehead atoms. The number of rotatable bonds is 0. The first kappa shape index (κ1) is 3.76. The first-order valence-corrected chi connectivity index (χ1v) is 2.74. The van der Waals surface area contributed by atoms with E-state index in [0.717, 1.165) is 0 Å². The van der Waals surface area contributed by atoms with Crippen LogP contribution in [-0.4, -0.2) is 3.81 Å². The Bertz CT molecular complexity index is 50.7. The van der Waals surface area contributed by atoms with Crippen molar-refractivity contribution in [3.8, 4) is 0 Å². The van der Waals surface area contributed by atoms with E-state index in [4.69, 9.17) is 0 Å². The van der Waals surface area contributed by atoms with Gasteiger partial charge >= 0.3 is 43.0 Å². The molecule has 1 fully saturated rings. The molecule has 1 saturated carbocycles. The molecule has 0 spiro atoms. The summed E-state index contributed by atoms with van der Waals surface area (Å²) in [4.78, 5) is 0. The van der Waals surface area contributed by atoms with Gasteiger partial charge in [-0.15, -0.1) is 0 Å². The minimum atomic E-state index is 1.40. The van der Waals surface area contributed by atoms with E-state index < -0.39 is 0 Å². The molecule has 0 atom stereocenters. The topological polar surface area (TPSA) is 0 Å². The van der Waals surface area contributed by atoms with Crippen LogP contribution in [0.25, 0.3) is 0 Å². The summed E-state index contributed by atoms with van der Waals surface area (Å²) in [6.45, 7) is 0. The molecule has 1 rings (SSSR count). The van der Waals surface area contributed by atoms with E-state index in [1.807, 2.05) is 0 Å². The van der Waals surface area contributed by atoms with E-state index in [0.29, 0.717) is 0 Å². The van der Waals surface area contributed by atoms with Gasteiger partial charge in [0.1, 0.15) is 0 Å². The van der Waals surface area contributed by atoms with Crippen molar-refractivity contribution in [2.24, 2.45) is 0 Å². The van der Waals surface area contributed by atoms with Gasteiger partial charge in [-0.05, 0) is 0 Å². The molecule has 0 N–H and O–H groups in total. The molecule has 0 radical (unpaired) electrons. The zero-order valence-corrected chi connectivity index (χ0v) is 4.68. The van der Waals surface area contributed by atoms with Crippen molar-refractivity contribution in [2.75, 3.05) is 0 Å². The van der Waals surface area contributed by atoms with Crippen LogP contribution in [0.15, 0.2) is 0 Å². The van der Waals surface area contributed by atoms with E-state index in [1.54, 1.807) is 3.81 Å². The molecule has 0 heterocycles. The number of hydrogen-bond donors (Lipinski definition) is 0. The van der Waals surface area contributed by atoms with Crippen molar-refractivity contribution in [3.63, 3.8) is 0 Å². The van der Waals surface area contributed by atoms with Crippen LogP contribution in [0.4, 0.5) is 0 Å². The second kappa shape index (κ2) is 1.36. The van der Waals surface area contributed by atoms with Crippen molar-refractivity contribution in [3.05, 3.63) is 0 Å². The van der Waals surface area contributed by atoms with Gasteiger partial charge in [-0.3, -0.25) is 0 Å². The Kier molecular flexibility index (Phi) is 1.02. The van der Waals surface area contributed by atoms with Crippen LogP contribution in [0.5, 0.6) is 0 Å². The maximum absolute atomic E-state index is 2.23. The quantitative estimate of drug-likeness (QED) is 0.398. The van der Waals surface area contributed by atoms with Gasteiger partial charge in [0.2, 0.25) is 0 Å². The molecule has 0 amide bonds. The first-order chi connectivity index (χ1) is 2.39. The minimum absolute atomic E-state index is 1.40. The molecular formula is C4H6Ti. The van der Waals surface area contributed by atoms with Crippen LogP contribution >= 0.6 is 0 Å². The van der Waals surface area contributed by atoms with Crippen LogP contribution in [0.2, 0.25) is 0 Å². The van der Waals surface area contributed by atoms with Gasteiger partial charge in [0.05, 0.1) is 0 Å². The van der Waals surface area contributed by atoms with Gasteiger partial charge in [0, 0.05) is 0 Å². The molecule has 0 aromatic heterocycles. The fourth-order valence-corrected chi connectivity index (χ4v) is 0.906. The molecule has 1 heteroatoms. The van der Waals surface area contributed by atoms with Gasteiger partial charge in [-0.25, -0.2) is 0 Å². The second-order valence-electron chi connectivity index (χ2n) is 1.46. The van der Waals surface area contributed by atoms with Gasteiger partial charge in [-0.1, -0.05) is 0 Å². The van der Waals surface area contributed by atoms with Crippen molar-refractivity contribution in [1.82, 2.24) is 0 Å². The van der Waals surface area contributed by atoms with E-state index in [2.05, 4.69) is 20.0 Å². The molecular weight excluding hydrogens is 95.9 g/mol. The van der Waals surface area contributed by atoms with Crippen LogP contribution in [-0.2, 0) is 20.0 Å². The SMILES string of the molecule is [Ti]=[C]1CCC1. The van der Waals surface area contributed by atoms with Crippen molar-refractivity contribution in [2.45, 2.75) is 19.3 Å². The third-order valence-electron chi connectivity index (χ3n) is 0.957. The maximum atomic E-state index is 2.23. The van der Waals surface area contributed by atoms with Crippen LogP contribution < -0.4 is 0 Å². The zero-order valence-electron chi connectivity index (χ0n) is 3.12. The van der Waals surface area contributed by atoms with E-state index in [9.17, 15) is 0 Å². The predicted molar refractivity (Wildman–Crippen MR) is 18.9 cm³/mol. The number of hydrogen-bond acceptors (Lipinski definition) is 0. The Morgan fingerprint density at radius 1 is 1.40 bits per heavy atom. The van der Waals surface area contributed by atoms with Gasteiger partial charge in [-0.2, -0.15) is 0 Å². The van der Waals surface area contributed by atoms with Gasteiger partial charge in [0.25, 0.3) is 0 Å². The summed E-state index contributed by atoms with van der Waals surface area (Å²) in [6.07, 6.45) is 4.26. The summed E-state index contributed by atoms with van der Waals surface area (Å²) in [5, 5.41) is 0. The molecule has 0 unspecified atom stereocenters. The Morgan fingerprint density at radius 2 is 1.80 bits per heavy atom. The molecule has 0 nitrogen and oxygen atoms in total. The normalized spacial score (nSPS) is 21.8. The van der Waals surface area contributed by atoms with Crippen LogP contribution in [0, 0.1) is 0 Å². The van der Waals surface area contributed by atoms with E-state index >= 15 is 0 Å². The van der Waals surface area contributed by atoms with Crippen LogP contribution in [0.3, 0.4) is 0 Å². The molecule has 0 aliphatic heterocycles. The summed E-state index contributed by atoms with van der Waals surface area (Å²) in [5.41, 5.74) is 0. The Hall–Kier alpha value is 0.584. The molecule has 0 saturated heterocycles. The average molecular weight is 102 g/mol. The molecule has 0 aromatic rings. The monoisotopic (exact) mass is 102 g/mol. The van der Waals surface area contributed by atoms with Crippen LogP contribution in [0.1, 0.15) is 19.3 Å². The molecule has 1 aliphatic rings. The molecule has 26 valence electrons. The zero-order chi connectivity index (χ0) is 3.70. The van der Waals surface area contributed by atoms with Crippen molar-refractivity contribution < 1.29 is 20.0 Å². The summed E-state index contributed by atoms with van der Waals surface area (Å²) in [7, 11) is 0. The van der Waals surface area contributed by atoms with Gasteiger partial charge in [0.15, 0.2) is 0 Å². The van der Waals surface area contributed by atoms with Crippen molar-refractivity contribution >= 4 is 3.81 Å². The van der Waals surface area contributed by atoms with E-state index in [1.165, 1.54) is 19.3 Å². The molecule has 5 heavy (non-hydrogen) atoms. The fourth-order valence-electron chi connectivity index (χ4n) is 0.354. The average Bonchev–Trinajstić information content (AvgIpc) is 1.30. The summed E-state index contributed by atoms with van der Waals surface area (Å²) >= 11 is 2.23. The third kappa shape index (κ3) is 0.706. The van der Waals surface area contributed by atoms with E-state index in [-0.39, 0.29) is 0 Å². The Balaban J connectivity index is 2.32. The Morgan fingerprint density at radius 3 is 1.80 bits per heavy atom. The fraction of sp³-hybridized carbons (Fsp3) is 0.750. The first-order valence-electron chi connectivity index (χ1n) is 1.96. The second-order valence-corrected chi connectivity index (χ2v) is 2.56. The molecule has 1 aliphatic carbocycles. The summed E-state index contributed by atoms with van der Waals surface area (Å²) in [6, 6.07) is 0. The Labute approximate surface area is 43.5 Å². The third-order valence-corrected chi connectivity index (χ3v) is 1.74. The summed E-state index contributed by atoms with van der Waals surface area (Å²) < 4.78 is 1.69. The summed E-state index contributed by atoms with van der Waals surface area (Å²) in [5.74, 6) is 0. The standard InChI is InChI=1S/C4H6.Ti/c1-2-4-3-1;/h1-3H2;. The predicted octanol–water partition coefficient (Wildman–Crippen LogP) is 0.889. The van der Waals surface area contributed by atoms with Gasteiger partial charge < -0.3 is 0 Å². The molecule has 0 aromatic carbocycles. The van der Waals surface area contributed by atoms with Crippen molar-refractivity contribution in [1.29, 1.82) is 0 Å².